The van der Waals surface area contributed by atoms with Crippen molar-refractivity contribution in [2.75, 3.05) is 26.2 Å². The SMILES string of the molecule is C=CCCC(=O)NC[C@@H](C)OC(=O)[C@H]1[C@@H]2O[C@@]3(CC2Br)[C@@H]1C(=O)N(CCCCO)[C@@H]3C(=O)N(CC=C)C(C)(C)CC(C)(C)C. The van der Waals surface area contributed by atoms with Gasteiger partial charge in [-0.3, -0.25) is 19.2 Å². The van der Waals surface area contributed by atoms with Crippen molar-refractivity contribution in [1.29, 1.82) is 0 Å². The number of nitrogens with one attached hydrogen (secondary N) is 1. The molecule has 3 amide bonds. The number of allylic oxidation sites excluding steroid dienone is 1. The van der Waals surface area contributed by atoms with Gasteiger partial charge in [0.1, 0.15) is 17.7 Å². The Morgan fingerprint density at radius 1 is 1.23 bits per heavy atom. The minimum absolute atomic E-state index is 0.0323. The Kier molecular flexibility index (Phi) is 11.9. The highest BCUT2D eigenvalue weighted by molar-refractivity contribution is 9.09. The van der Waals surface area contributed by atoms with Crippen LogP contribution in [0, 0.1) is 17.3 Å². The number of nitrogens with zero attached hydrogens (tertiary/aromatic N) is 2. The van der Waals surface area contributed by atoms with Crippen LogP contribution in [0.1, 0.15) is 80.1 Å². The van der Waals surface area contributed by atoms with Crippen molar-refractivity contribution in [2.24, 2.45) is 17.3 Å². The Morgan fingerprint density at radius 3 is 2.50 bits per heavy atom. The number of unbranched alkanes of at least 4 members (excludes halogenated alkanes) is 1. The van der Waals surface area contributed by atoms with Crippen molar-refractivity contribution in [3.8, 4) is 0 Å². The molecule has 11 heteroatoms. The topological polar surface area (TPSA) is 125 Å². The zero-order valence-electron chi connectivity index (χ0n) is 27.3. The van der Waals surface area contributed by atoms with Crippen LogP contribution in [0.2, 0.25) is 0 Å². The van der Waals surface area contributed by atoms with Crippen molar-refractivity contribution in [2.45, 2.75) is 114 Å². The van der Waals surface area contributed by atoms with Crippen LogP contribution < -0.4 is 5.32 Å². The monoisotopic (exact) mass is 681 g/mol. The molecule has 0 aromatic carbocycles. The smallest absolute Gasteiger partial charge is 0.312 e. The fourth-order valence-electron chi connectivity index (χ4n) is 7.52. The molecule has 3 aliphatic rings. The quantitative estimate of drug-likeness (QED) is 0.110. The molecule has 3 heterocycles. The van der Waals surface area contributed by atoms with E-state index in [0.717, 1.165) is 0 Å². The predicted octanol–water partition coefficient (Wildman–Crippen LogP) is 3.75. The molecule has 3 fully saturated rings. The van der Waals surface area contributed by atoms with Crippen molar-refractivity contribution < 1.29 is 33.8 Å². The van der Waals surface area contributed by atoms with Crippen LogP contribution in [0.3, 0.4) is 0 Å². The number of halogens is 1. The lowest BCUT2D eigenvalue weighted by Gasteiger charge is -2.45. The maximum Gasteiger partial charge on any atom is 0.312 e. The third-order valence-corrected chi connectivity index (χ3v) is 9.70. The molecule has 2 N–H and O–H groups in total. The highest BCUT2D eigenvalue weighted by Crippen LogP contribution is 2.60. The van der Waals surface area contributed by atoms with E-state index in [0.29, 0.717) is 45.1 Å². The molecule has 1 unspecified atom stereocenters. The lowest BCUT2D eigenvalue weighted by atomic mass is 9.70. The van der Waals surface area contributed by atoms with Crippen molar-refractivity contribution in [3.63, 3.8) is 0 Å². The molecule has 0 aromatic heterocycles. The number of ether oxygens (including phenoxy) is 2. The number of carbonyl (C=O) groups is 4. The molecule has 7 atom stereocenters. The maximum atomic E-state index is 14.7. The van der Waals surface area contributed by atoms with E-state index in [1.165, 1.54) is 0 Å². The van der Waals surface area contributed by atoms with Gasteiger partial charge in [-0.2, -0.15) is 0 Å². The minimum atomic E-state index is -1.21. The number of hydrogen-bond donors (Lipinski definition) is 2. The fraction of sp³-hybridized carbons (Fsp3) is 0.758. The summed E-state index contributed by atoms with van der Waals surface area (Å²) in [6.45, 7) is 20.3. The van der Waals surface area contributed by atoms with Crippen LogP contribution in [0.25, 0.3) is 0 Å². The molecule has 0 radical (unpaired) electrons. The number of alkyl halides is 1. The van der Waals surface area contributed by atoms with Crippen LogP contribution in [0.4, 0.5) is 0 Å². The normalized spacial score (nSPS) is 28.4. The third-order valence-electron chi connectivity index (χ3n) is 8.85. The predicted molar refractivity (Wildman–Crippen MR) is 172 cm³/mol. The van der Waals surface area contributed by atoms with Gasteiger partial charge in [0.2, 0.25) is 17.7 Å². The van der Waals surface area contributed by atoms with Crippen molar-refractivity contribution in [3.05, 3.63) is 25.3 Å². The van der Waals surface area contributed by atoms with Gasteiger partial charge in [-0.05, 0) is 58.3 Å². The summed E-state index contributed by atoms with van der Waals surface area (Å²) in [5.41, 5.74) is -1.85. The zero-order valence-corrected chi connectivity index (χ0v) is 28.9. The Morgan fingerprint density at radius 2 is 1.91 bits per heavy atom. The summed E-state index contributed by atoms with van der Waals surface area (Å²) in [6.07, 6.45) is 5.01. The summed E-state index contributed by atoms with van der Waals surface area (Å²) >= 11 is 3.70. The van der Waals surface area contributed by atoms with Gasteiger partial charge in [-0.15, -0.1) is 13.2 Å². The lowest BCUT2D eigenvalue weighted by molar-refractivity contribution is -0.159. The Bertz CT molecular complexity index is 1110. The maximum absolute atomic E-state index is 14.7. The first-order valence-electron chi connectivity index (χ1n) is 15.8. The molecule has 3 aliphatic heterocycles. The highest BCUT2D eigenvalue weighted by atomic mass is 79.9. The fourth-order valence-corrected chi connectivity index (χ4v) is 8.46. The molecule has 1 spiro atoms. The van der Waals surface area contributed by atoms with Gasteiger partial charge in [-0.1, -0.05) is 48.9 Å². The number of carbonyl (C=O) groups excluding carboxylic acids is 4. The second-order valence-electron chi connectivity index (χ2n) is 14.3. The van der Waals surface area contributed by atoms with Crippen molar-refractivity contribution >= 4 is 39.6 Å². The molecule has 248 valence electrons. The van der Waals surface area contributed by atoms with Gasteiger partial charge in [-0.25, -0.2) is 0 Å². The molecule has 44 heavy (non-hydrogen) atoms. The summed E-state index contributed by atoms with van der Waals surface area (Å²) in [4.78, 5) is 57.9. The Hall–Kier alpha value is -2.24. The van der Waals surface area contributed by atoms with Crippen LogP contribution >= 0.6 is 15.9 Å². The van der Waals surface area contributed by atoms with E-state index in [1.54, 1.807) is 28.9 Å². The van der Waals surface area contributed by atoms with Crippen molar-refractivity contribution in [1.82, 2.24) is 15.1 Å². The second kappa shape index (κ2) is 14.5. The molecule has 0 aromatic rings. The van der Waals surface area contributed by atoms with E-state index in [9.17, 15) is 24.3 Å². The van der Waals surface area contributed by atoms with E-state index >= 15 is 0 Å². The summed E-state index contributed by atoms with van der Waals surface area (Å²) in [7, 11) is 0. The average Bonchev–Trinajstić information content (AvgIpc) is 3.51. The molecule has 2 bridgehead atoms. The first-order valence-corrected chi connectivity index (χ1v) is 16.7. The van der Waals surface area contributed by atoms with E-state index in [1.807, 2.05) is 13.8 Å². The van der Waals surface area contributed by atoms with Gasteiger partial charge in [0, 0.05) is 36.5 Å². The third kappa shape index (κ3) is 7.58. The number of fused-ring (bicyclic) bond motifs is 1. The Labute approximate surface area is 271 Å². The number of aliphatic hydroxyl groups excluding tert-OH is 1. The first kappa shape index (κ1) is 36.2. The summed E-state index contributed by atoms with van der Waals surface area (Å²) in [5, 5.41) is 12.2. The highest BCUT2D eigenvalue weighted by Gasteiger charge is 2.77. The van der Waals surface area contributed by atoms with Gasteiger partial charge < -0.3 is 29.7 Å². The Balaban J connectivity index is 1.95. The lowest BCUT2D eigenvalue weighted by Crippen LogP contribution is -2.61. The summed E-state index contributed by atoms with van der Waals surface area (Å²) < 4.78 is 12.4. The number of aliphatic hydroxyl groups is 1. The molecular weight excluding hydrogens is 630 g/mol. The largest absolute Gasteiger partial charge is 0.460 e. The number of likely N-dealkylation sites (tertiary alicyclic amines) is 1. The van der Waals surface area contributed by atoms with Crippen LogP contribution in [0.5, 0.6) is 0 Å². The van der Waals surface area contributed by atoms with Gasteiger partial charge >= 0.3 is 5.97 Å². The van der Waals surface area contributed by atoms with E-state index in [4.69, 9.17) is 9.47 Å². The van der Waals surface area contributed by atoms with Gasteiger partial charge in [0.25, 0.3) is 0 Å². The van der Waals surface area contributed by atoms with E-state index in [2.05, 4.69) is 55.2 Å². The first-order chi connectivity index (χ1) is 20.5. The number of hydrogen-bond acceptors (Lipinski definition) is 7. The summed E-state index contributed by atoms with van der Waals surface area (Å²) in [5.74, 6) is -3.08. The molecule has 3 saturated heterocycles. The van der Waals surface area contributed by atoms with Crippen LogP contribution in [-0.4, -0.2) is 99.1 Å². The summed E-state index contributed by atoms with van der Waals surface area (Å²) in [6, 6.07) is -0.942. The molecule has 0 saturated carbocycles. The number of rotatable bonds is 16. The molecule has 10 nitrogen and oxygen atoms in total. The van der Waals surface area contributed by atoms with Crippen LogP contribution in [0.15, 0.2) is 25.3 Å². The van der Waals surface area contributed by atoms with E-state index in [-0.39, 0.29) is 47.7 Å². The van der Waals surface area contributed by atoms with Gasteiger partial charge in [0.05, 0.1) is 24.5 Å². The van der Waals surface area contributed by atoms with Crippen LogP contribution in [-0.2, 0) is 28.7 Å². The zero-order chi connectivity index (χ0) is 33.0. The van der Waals surface area contributed by atoms with E-state index < -0.39 is 47.2 Å². The minimum Gasteiger partial charge on any atom is -0.460 e. The van der Waals surface area contributed by atoms with Gasteiger partial charge in [0.15, 0.2) is 0 Å². The average molecular weight is 683 g/mol. The molecular formula is C33H52BrN3O7. The second-order valence-corrected chi connectivity index (χ2v) is 15.5. The molecule has 0 aliphatic carbocycles. The standard InChI is InChI=1S/C33H52BrN3O7/c1-9-11-14-23(39)35-19-21(3)43-30(42)24-25-28(40)36(16-12-13-17-38)27(33(25)18-22(34)26(24)44-33)29(41)37(15-10-2)32(7,8)20-31(4,5)6/h9-10,21-22,24-27,38H,1-2,11-20H2,3-8H3,(H,35,39)/t21-,22?,24-,25+,26-,27-,33+/m1/s1. The number of esters is 1. The number of amides is 3. The molecule has 3 rings (SSSR count).